The molecular weight excluding hydrogens is 410 g/mol. The molecule has 146 valence electrons. The Balaban J connectivity index is 1.73. The van der Waals surface area contributed by atoms with Crippen LogP contribution in [0.15, 0.2) is 64.4 Å². The molecule has 4 N–H and O–H groups in total. The van der Waals surface area contributed by atoms with E-state index in [4.69, 9.17) is 9.11 Å². The van der Waals surface area contributed by atoms with Gasteiger partial charge in [0.25, 0.3) is 20.2 Å². The molecule has 0 saturated heterocycles. The lowest BCUT2D eigenvalue weighted by Gasteiger charge is -2.08. The summed E-state index contributed by atoms with van der Waals surface area (Å²) in [7, 11) is -8.55. The number of anilines is 4. The maximum Gasteiger partial charge on any atom is 0.294 e. The van der Waals surface area contributed by atoms with Crippen LogP contribution in [0.1, 0.15) is 0 Å². The third kappa shape index (κ3) is 4.98. The number of aromatic nitrogens is 3. The van der Waals surface area contributed by atoms with Gasteiger partial charge in [0, 0.05) is 17.4 Å². The van der Waals surface area contributed by atoms with Gasteiger partial charge in [-0.25, -0.2) is 0 Å². The Labute approximate surface area is 159 Å². The van der Waals surface area contributed by atoms with Gasteiger partial charge < -0.3 is 10.6 Å². The van der Waals surface area contributed by atoms with Gasteiger partial charge in [-0.05, 0) is 53.7 Å². The smallest absolute Gasteiger partial charge is 0.294 e. The van der Waals surface area contributed by atoms with Crippen LogP contribution in [0.2, 0.25) is 0 Å². The lowest BCUT2D eigenvalue weighted by molar-refractivity contribution is 0.481. The molecule has 2 aromatic carbocycles. The van der Waals surface area contributed by atoms with Gasteiger partial charge in [0.2, 0.25) is 0 Å². The summed E-state index contributed by atoms with van der Waals surface area (Å²) in [6.07, 6.45) is 0. The van der Waals surface area contributed by atoms with Crippen molar-refractivity contribution in [2.45, 2.75) is 9.79 Å². The molecule has 0 unspecified atom stereocenters. The minimum Gasteiger partial charge on any atom is -0.339 e. The van der Waals surface area contributed by atoms with E-state index >= 15 is 0 Å². The van der Waals surface area contributed by atoms with Crippen molar-refractivity contribution in [1.29, 1.82) is 0 Å². The fourth-order valence-corrected chi connectivity index (χ4v) is 3.10. The number of hydrogen-bond donors (Lipinski definition) is 4. The predicted molar refractivity (Wildman–Crippen MR) is 98.9 cm³/mol. The van der Waals surface area contributed by atoms with Gasteiger partial charge in [-0.3, -0.25) is 9.11 Å². The highest BCUT2D eigenvalue weighted by Crippen LogP contribution is 2.21. The van der Waals surface area contributed by atoms with Crippen molar-refractivity contribution in [3.8, 4) is 0 Å². The third-order valence-electron chi connectivity index (χ3n) is 3.43. The van der Waals surface area contributed by atoms with Gasteiger partial charge in [-0.1, -0.05) is 0 Å². The van der Waals surface area contributed by atoms with Gasteiger partial charge in [0.1, 0.15) is 0 Å². The molecule has 1 heterocycles. The summed E-state index contributed by atoms with van der Waals surface area (Å²) >= 11 is 0. The summed E-state index contributed by atoms with van der Waals surface area (Å²) in [5.74, 6) is 0.596. The lowest BCUT2D eigenvalue weighted by Crippen LogP contribution is -2.02. The van der Waals surface area contributed by atoms with Crippen molar-refractivity contribution in [1.82, 2.24) is 15.4 Å². The highest BCUT2D eigenvalue weighted by atomic mass is 32.2. The number of nitrogens with zero attached hydrogens (tertiary/aromatic N) is 3. The monoisotopic (exact) mass is 423 g/mol. The SMILES string of the molecule is O=S(=O)(O)c1ccc(Nc2cc(Nc3ccc(S(=O)(=O)O)cc3)nnn2)cc1. The van der Waals surface area contributed by atoms with Gasteiger partial charge >= 0.3 is 0 Å². The summed E-state index contributed by atoms with van der Waals surface area (Å²) in [4.78, 5) is -0.482. The Kier molecular flexibility index (Phi) is 5.24. The van der Waals surface area contributed by atoms with Crippen molar-refractivity contribution >= 4 is 43.2 Å². The Hall–Kier alpha value is -3.13. The quantitative estimate of drug-likeness (QED) is 0.426. The van der Waals surface area contributed by atoms with Crippen LogP contribution < -0.4 is 10.6 Å². The summed E-state index contributed by atoms with van der Waals surface area (Å²) in [6.45, 7) is 0. The fourth-order valence-electron chi connectivity index (χ4n) is 2.14. The van der Waals surface area contributed by atoms with Crippen molar-refractivity contribution < 1.29 is 25.9 Å². The average molecular weight is 423 g/mol. The second kappa shape index (κ2) is 7.47. The molecule has 0 spiro atoms. The molecular formula is C15H13N5O6S2. The van der Waals surface area contributed by atoms with E-state index in [2.05, 4.69) is 26.0 Å². The molecule has 0 amide bonds. The first-order valence-corrected chi connectivity index (χ1v) is 10.4. The Morgan fingerprint density at radius 2 is 1.00 bits per heavy atom. The van der Waals surface area contributed by atoms with Gasteiger partial charge in [-0.2, -0.15) is 16.8 Å². The van der Waals surface area contributed by atoms with Crippen LogP contribution in [0, 0.1) is 0 Å². The first-order chi connectivity index (χ1) is 13.1. The number of benzene rings is 2. The molecule has 1 aromatic heterocycles. The summed E-state index contributed by atoms with van der Waals surface area (Å²) in [5, 5.41) is 17.0. The lowest BCUT2D eigenvalue weighted by atomic mass is 10.3. The van der Waals surface area contributed by atoms with Crippen molar-refractivity contribution in [2.24, 2.45) is 0 Å². The molecule has 0 aliphatic rings. The van der Waals surface area contributed by atoms with E-state index < -0.39 is 20.2 Å². The minimum atomic E-state index is -4.28. The van der Waals surface area contributed by atoms with Crippen molar-refractivity contribution in [3.05, 3.63) is 54.6 Å². The van der Waals surface area contributed by atoms with Crippen LogP contribution in [0.3, 0.4) is 0 Å². The first kappa shape index (κ1) is 19.6. The molecule has 0 aliphatic heterocycles. The van der Waals surface area contributed by atoms with E-state index in [0.29, 0.717) is 23.0 Å². The van der Waals surface area contributed by atoms with E-state index in [1.54, 1.807) is 0 Å². The van der Waals surface area contributed by atoms with Crippen molar-refractivity contribution in [3.63, 3.8) is 0 Å². The van der Waals surface area contributed by atoms with Crippen LogP contribution in [0.25, 0.3) is 0 Å². The largest absolute Gasteiger partial charge is 0.339 e. The fraction of sp³-hybridized carbons (Fsp3) is 0. The molecule has 3 aromatic rings. The number of rotatable bonds is 6. The van der Waals surface area contributed by atoms with E-state index in [0.717, 1.165) is 0 Å². The number of nitrogens with one attached hydrogen (secondary N) is 2. The maximum absolute atomic E-state index is 11.0. The van der Waals surface area contributed by atoms with E-state index in [1.807, 2.05) is 0 Å². The number of hydrogen-bond acceptors (Lipinski definition) is 9. The normalized spacial score (nSPS) is 11.8. The molecule has 0 fully saturated rings. The second-order valence-corrected chi connectivity index (χ2v) is 8.30. The molecule has 0 atom stereocenters. The van der Waals surface area contributed by atoms with E-state index in [-0.39, 0.29) is 9.79 Å². The molecule has 11 nitrogen and oxygen atoms in total. The van der Waals surface area contributed by atoms with Gasteiger partial charge in [0.15, 0.2) is 11.6 Å². The molecule has 0 saturated carbocycles. The zero-order chi connectivity index (χ0) is 20.4. The van der Waals surface area contributed by atoms with Crippen LogP contribution in [0.5, 0.6) is 0 Å². The third-order valence-corrected chi connectivity index (χ3v) is 5.16. The molecule has 13 heteroatoms. The zero-order valence-electron chi connectivity index (χ0n) is 13.9. The van der Waals surface area contributed by atoms with Crippen LogP contribution in [-0.4, -0.2) is 41.4 Å². The molecule has 0 radical (unpaired) electrons. The average Bonchev–Trinajstić information content (AvgIpc) is 2.61. The zero-order valence-corrected chi connectivity index (χ0v) is 15.5. The Morgan fingerprint density at radius 1 is 0.643 bits per heavy atom. The van der Waals surface area contributed by atoms with Gasteiger partial charge in [0.05, 0.1) is 9.79 Å². The molecule has 3 rings (SSSR count). The molecule has 0 bridgehead atoms. The first-order valence-electron chi connectivity index (χ1n) is 7.51. The maximum atomic E-state index is 11.0. The van der Waals surface area contributed by atoms with Crippen LogP contribution in [-0.2, 0) is 20.2 Å². The highest BCUT2D eigenvalue weighted by Gasteiger charge is 2.10. The Morgan fingerprint density at radius 3 is 1.32 bits per heavy atom. The van der Waals surface area contributed by atoms with E-state index in [1.165, 1.54) is 54.6 Å². The topological polar surface area (TPSA) is 171 Å². The Bertz CT molecular complexity index is 1100. The summed E-state index contributed by atoms with van der Waals surface area (Å²) < 4.78 is 62.1. The van der Waals surface area contributed by atoms with Crippen LogP contribution >= 0.6 is 0 Å². The predicted octanol–water partition coefficient (Wildman–Crippen LogP) is 1.85. The van der Waals surface area contributed by atoms with Crippen LogP contribution in [0.4, 0.5) is 23.0 Å². The molecule has 28 heavy (non-hydrogen) atoms. The highest BCUT2D eigenvalue weighted by molar-refractivity contribution is 7.86. The standard InChI is InChI=1S/C15H13N5O6S2/c21-27(22,23)12-5-1-10(2-6-12)16-14-9-15(19-20-18-14)17-11-3-7-13(8-4-11)28(24,25)26/h1-9H,(H,21,22,23)(H,24,25,26)(H2,16,17,18,19). The molecule has 0 aliphatic carbocycles. The summed E-state index contributed by atoms with van der Waals surface area (Å²) in [5.41, 5.74) is 0.993. The van der Waals surface area contributed by atoms with Gasteiger partial charge in [-0.15, -0.1) is 10.2 Å². The van der Waals surface area contributed by atoms with Crippen molar-refractivity contribution in [2.75, 3.05) is 10.6 Å². The van der Waals surface area contributed by atoms with E-state index in [9.17, 15) is 16.8 Å². The summed E-state index contributed by atoms with van der Waals surface area (Å²) in [6, 6.07) is 12.2. The minimum absolute atomic E-state index is 0.241. The second-order valence-electron chi connectivity index (χ2n) is 5.45.